The van der Waals surface area contributed by atoms with Crippen molar-refractivity contribution in [1.29, 1.82) is 0 Å². The van der Waals surface area contributed by atoms with Crippen molar-refractivity contribution in [3.05, 3.63) is 61.4 Å². The van der Waals surface area contributed by atoms with Crippen molar-refractivity contribution in [2.24, 2.45) is 7.05 Å². The van der Waals surface area contributed by atoms with Gasteiger partial charge in [-0.25, -0.2) is 9.97 Å². The van der Waals surface area contributed by atoms with Gasteiger partial charge in [-0.1, -0.05) is 11.6 Å². The monoisotopic (exact) mass is 413 g/mol. The number of aryl methyl sites for hydroxylation is 2. The fraction of sp³-hybridized carbons (Fsp3) is 0.350. The number of rotatable bonds is 3. The first-order chi connectivity index (χ1) is 13.9. The normalized spacial score (nSPS) is 15.1. The molecule has 4 heterocycles. The second-order valence-corrected chi connectivity index (χ2v) is 7.72. The number of carbonyl (C=O) groups is 1. The van der Waals surface area contributed by atoms with Crippen LogP contribution in [-0.4, -0.2) is 38.5 Å². The predicted molar refractivity (Wildman–Crippen MR) is 111 cm³/mol. The van der Waals surface area contributed by atoms with Crippen LogP contribution in [0.15, 0.2) is 34.1 Å². The number of aromatic nitrogens is 4. The van der Waals surface area contributed by atoms with Crippen LogP contribution >= 0.6 is 11.6 Å². The highest BCUT2D eigenvalue weighted by atomic mass is 35.5. The Balaban J connectivity index is 1.67. The van der Waals surface area contributed by atoms with Crippen LogP contribution in [0.4, 0.5) is 5.82 Å². The number of nitrogens with zero attached hydrogens (tertiary/aromatic N) is 5. The summed E-state index contributed by atoms with van der Waals surface area (Å²) in [5.41, 5.74) is 1.31. The van der Waals surface area contributed by atoms with Gasteiger partial charge in [-0.05, 0) is 37.5 Å². The summed E-state index contributed by atoms with van der Waals surface area (Å²) in [5.74, 6) is 0.833. The Bertz CT molecular complexity index is 1230. The molecule has 3 aromatic rings. The molecule has 29 heavy (non-hydrogen) atoms. The van der Waals surface area contributed by atoms with Gasteiger partial charge < -0.3 is 9.47 Å². The maximum atomic E-state index is 12.8. The van der Waals surface area contributed by atoms with E-state index in [-0.39, 0.29) is 6.04 Å². The van der Waals surface area contributed by atoms with Crippen LogP contribution in [0.5, 0.6) is 0 Å². The molecule has 0 amide bonds. The van der Waals surface area contributed by atoms with Crippen molar-refractivity contribution >= 4 is 34.9 Å². The van der Waals surface area contributed by atoms with Crippen LogP contribution in [0.3, 0.4) is 0 Å². The molecule has 0 unspecified atom stereocenters. The Labute approximate surface area is 171 Å². The van der Waals surface area contributed by atoms with Crippen LogP contribution in [0.2, 0.25) is 5.02 Å². The van der Waals surface area contributed by atoms with Gasteiger partial charge in [0.25, 0.3) is 0 Å². The highest BCUT2D eigenvalue weighted by molar-refractivity contribution is 6.31. The van der Waals surface area contributed by atoms with Gasteiger partial charge in [-0.15, -0.1) is 0 Å². The summed E-state index contributed by atoms with van der Waals surface area (Å²) in [7, 11) is 1.55. The van der Waals surface area contributed by atoms with Gasteiger partial charge >= 0.3 is 11.1 Å². The Morgan fingerprint density at radius 3 is 2.48 bits per heavy atom. The maximum Gasteiger partial charge on any atom is 0.318 e. The molecule has 0 atom stereocenters. The smallest absolute Gasteiger partial charge is 0.318 e. The number of halogens is 1. The number of piperidine rings is 1. The Kier molecular flexibility index (Phi) is 4.96. The minimum Gasteiger partial charge on any atom is -0.356 e. The number of aldehydes is 1. The molecule has 0 N–H and O–H groups in total. The summed E-state index contributed by atoms with van der Waals surface area (Å²) >= 11 is 6.04. The van der Waals surface area contributed by atoms with Crippen LogP contribution in [0, 0.1) is 6.92 Å². The van der Waals surface area contributed by atoms with Crippen molar-refractivity contribution < 1.29 is 4.79 Å². The van der Waals surface area contributed by atoms with E-state index in [4.69, 9.17) is 11.6 Å². The quantitative estimate of drug-likeness (QED) is 0.482. The Morgan fingerprint density at radius 1 is 1.10 bits per heavy atom. The molecule has 9 heteroatoms. The lowest BCUT2D eigenvalue weighted by atomic mass is 10.0. The van der Waals surface area contributed by atoms with E-state index in [1.54, 1.807) is 19.3 Å². The summed E-state index contributed by atoms with van der Waals surface area (Å²) in [6.07, 6.45) is 5.17. The van der Waals surface area contributed by atoms with E-state index in [0.29, 0.717) is 47.7 Å². The van der Waals surface area contributed by atoms with E-state index in [1.807, 2.05) is 13.0 Å². The van der Waals surface area contributed by atoms with Crippen molar-refractivity contribution in [2.45, 2.75) is 25.8 Å². The van der Waals surface area contributed by atoms with Gasteiger partial charge in [0.1, 0.15) is 5.82 Å². The fourth-order valence-corrected chi connectivity index (χ4v) is 4.12. The third kappa shape index (κ3) is 3.33. The minimum atomic E-state index is -0.592. The molecular formula is C20H20ClN5O3. The topological polar surface area (TPSA) is 90.1 Å². The number of pyridine rings is 2. The molecule has 1 aliphatic heterocycles. The molecule has 0 aromatic carbocycles. The van der Waals surface area contributed by atoms with Gasteiger partial charge in [0, 0.05) is 44.1 Å². The fourth-order valence-electron chi connectivity index (χ4n) is 3.97. The van der Waals surface area contributed by atoms with Crippen LogP contribution in [-0.2, 0) is 7.05 Å². The highest BCUT2D eigenvalue weighted by Gasteiger charge is 2.26. The van der Waals surface area contributed by atoms with E-state index < -0.39 is 11.1 Å². The first-order valence-electron chi connectivity index (χ1n) is 9.34. The van der Waals surface area contributed by atoms with Gasteiger partial charge in [0.05, 0.1) is 10.5 Å². The Hall–Kier alpha value is -3.00. The molecule has 0 radical (unpaired) electrons. The standard InChI is InChI=1S/C20H20ClN5O3/c1-12-7-13(11-27)9-22-17(12)25-5-3-15(4-6-25)26-18-16(8-14(21)10-23-18)24(2)19(28)20(26)29/h7-11,15H,3-6H2,1-2H3. The number of hydrogen-bond acceptors (Lipinski definition) is 6. The van der Waals surface area contributed by atoms with E-state index in [1.165, 1.54) is 15.3 Å². The molecule has 1 aliphatic rings. The molecule has 1 fully saturated rings. The van der Waals surface area contributed by atoms with Gasteiger partial charge in [0.15, 0.2) is 11.9 Å². The van der Waals surface area contributed by atoms with E-state index >= 15 is 0 Å². The van der Waals surface area contributed by atoms with Crippen molar-refractivity contribution in [3.63, 3.8) is 0 Å². The molecule has 150 valence electrons. The average Bonchev–Trinajstić information content (AvgIpc) is 2.73. The summed E-state index contributed by atoms with van der Waals surface area (Å²) in [6.45, 7) is 3.28. The number of fused-ring (bicyclic) bond motifs is 1. The predicted octanol–water partition coefficient (Wildman–Crippen LogP) is 2.11. The van der Waals surface area contributed by atoms with Crippen molar-refractivity contribution in [1.82, 2.24) is 19.1 Å². The number of anilines is 1. The lowest BCUT2D eigenvalue weighted by molar-refractivity contribution is 0.112. The maximum absolute atomic E-state index is 12.8. The van der Waals surface area contributed by atoms with Crippen LogP contribution < -0.4 is 16.0 Å². The zero-order valence-electron chi connectivity index (χ0n) is 16.1. The molecular weight excluding hydrogens is 394 g/mol. The van der Waals surface area contributed by atoms with E-state index in [0.717, 1.165) is 17.7 Å². The summed E-state index contributed by atoms with van der Waals surface area (Å²) < 4.78 is 2.81. The zero-order chi connectivity index (χ0) is 20.7. The molecule has 0 saturated carbocycles. The molecule has 1 saturated heterocycles. The van der Waals surface area contributed by atoms with Crippen molar-refractivity contribution in [3.8, 4) is 0 Å². The van der Waals surface area contributed by atoms with E-state index in [2.05, 4.69) is 14.9 Å². The third-order valence-electron chi connectivity index (χ3n) is 5.45. The summed E-state index contributed by atoms with van der Waals surface area (Å²) in [5, 5.41) is 0.410. The third-order valence-corrected chi connectivity index (χ3v) is 5.65. The SMILES string of the molecule is Cc1cc(C=O)cnc1N1CCC(n2c(=O)c(=O)n(C)c3cc(Cl)cnc32)CC1. The lowest BCUT2D eigenvalue weighted by Crippen LogP contribution is -2.45. The zero-order valence-corrected chi connectivity index (χ0v) is 16.9. The molecule has 0 bridgehead atoms. The van der Waals surface area contributed by atoms with Gasteiger partial charge in [0.2, 0.25) is 0 Å². The second-order valence-electron chi connectivity index (χ2n) is 7.28. The van der Waals surface area contributed by atoms with E-state index in [9.17, 15) is 14.4 Å². The first kappa shape index (κ1) is 19.3. The van der Waals surface area contributed by atoms with Gasteiger partial charge in [-0.2, -0.15) is 0 Å². The largest absolute Gasteiger partial charge is 0.356 e. The second kappa shape index (κ2) is 7.44. The molecule has 4 rings (SSSR count). The number of hydrogen-bond donors (Lipinski definition) is 0. The van der Waals surface area contributed by atoms with Crippen LogP contribution in [0.25, 0.3) is 11.2 Å². The lowest BCUT2D eigenvalue weighted by Gasteiger charge is -2.34. The number of carbonyl (C=O) groups excluding carboxylic acids is 1. The Morgan fingerprint density at radius 2 is 1.83 bits per heavy atom. The highest BCUT2D eigenvalue weighted by Crippen LogP contribution is 2.28. The molecule has 0 aliphatic carbocycles. The molecule has 0 spiro atoms. The summed E-state index contributed by atoms with van der Waals surface area (Å²) in [4.78, 5) is 47.0. The summed E-state index contributed by atoms with van der Waals surface area (Å²) in [6, 6.07) is 3.32. The van der Waals surface area contributed by atoms with Gasteiger partial charge in [-0.3, -0.25) is 19.0 Å². The molecule has 8 nitrogen and oxygen atoms in total. The molecule has 3 aromatic heterocycles. The average molecular weight is 414 g/mol. The van der Waals surface area contributed by atoms with Crippen LogP contribution in [0.1, 0.15) is 34.8 Å². The first-order valence-corrected chi connectivity index (χ1v) is 9.72. The minimum absolute atomic E-state index is 0.140. The van der Waals surface area contributed by atoms with Crippen molar-refractivity contribution in [2.75, 3.05) is 18.0 Å².